The Bertz CT molecular complexity index is 205. The van der Waals surface area contributed by atoms with Gasteiger partial charge in [-0.1, -0.05) is 0 Å². The molecule has 4 heteroatoms. The van der Waals surface area contributed by atoms with Crippen LogP contribution < -0.4 is 5.32 Å². The van der Waals surface area contributed by atoms with E-state index in [0.717, 1.165) is 5.84 Å². The molecule has 4 nitrogen and oxygen atoms in total. The van der Waals surface area contributed by atoms with Gasteiger partial charge < -0.3 is 5.11 Å². The van der Waals surface area contributed by atoms with Gasteiger partial charge in [-0.2, -0.15) is 0 Å². The second-order valence-corrected chi connectivity index (χ2v) is 1.80. The summed E-state index contributed by atoms with van der Waals surface area (Å²) in [5, 5.41) is 9.89. The molecule has 0 unspecified atom stereocenters. The summed E-state index contributed by atoms with van der Waals surface area (Å²) < 4.78 is 0. The van der Waals surface area contributed by atoms with Gasteiger partial charge in [-0.15, -0.1) is 0 Å². The zero-order valence-corrected chi connectivity index (χ0v) is 4.96. The number of rotatable bonds is 1. The topological polar surface area (TPSA) is 66.3 Å². The van der Waals surface area contributed by atoms with Crippen molar-refractivity contribution >= 4 is 11.8 Å². The third kappa shape index (κ3) is 1.14. The molecule has 0 aliphatic carbocycles. The zero-order valence-electron chi connectivity index (χ0n) is 4.96. The first-order chi connectivity index (χ1) is 4.20. The van der Waals surface area contributed by atoms with Gasteiger partial charge in [0.05, 0.1) is 0 Å². The van der Waals surface area contributed by atoms with E-state index in [-0.39, 0.29) is 5.70 Å². The number of quaternary nitrogens is 1. The summed E-state index contributed by atoms with van der Waals surface area (Å²) in [4.78, 5) is 13.9. The van der Waals surface area contributed by atoms with Crippen molar-refractivity contribution in [2.45, 2.75) is 6.92 Å². The highest BCUT2D eigenvalue weighted by atomic mass is 16.4. The van der Waals surface area contributed by atoms with Gasteiger partial charge in [-0.25, -0.2) is 9.79 Å². The Kier molecular flexibility index (Phi) is 1.32. The molecule has 0 bridgehead atoms. The van der Waals surface area contributed by atoms with Gasteiger partial charge in [0.1, 0.15) is 6.20 Å². The predicted octanol–water partition coefficient (Wildman–Crippen LogP) is -1.09. The number of hydrogen-bond acceptors (Lipinski definition) is 2. The molecule has 1 heterocycles. The summed E-state index contributed by atoms with van der Waals surface area (Å²) in [5.41, 5.74) is 0.257. The first-order valence-electron chi connectivity index (χ1n) is 2.53. The Morgan fingerprint density at radius 3 is 2.78 bits per heavy atom. The smallest absolute Gasteiger partial charge is 0.392 e. The molecule has 0 saturated heterocycles. The van der Waals surface area contributed by atoms with Crippen molar-refractivity contribution in [2.75, 3.05) is 0 Å². The molecule has 0 radical (unpaired) electrons. The maximum atomic E-state index is 10.2. The number of amidine groups is 1. The molecule has 48 valence electrons. The van der Waals surface area contributed by atoms with Crippen molar-refractivity contribution in [3.05, 3.63) is 11.9 Å². The molecule has 0 saturated carbocycles. The lowest BCUT2D eigenvalue weighted by Gasteiger charge is -1.87. The van der Waals surface area contributed by atoms with Crippen molar-refractivity contribution in [2.24, 2.45) is 4.99 Å². The zero-order chi connectivity index (χ0) is 6.85. The van der Waals surface area contributed by atoms with Gasteiger partial charge in [0.2, 0.25) is 11.5 Å². The van der Waals surface area contributed by atoms with Crippen molar-refractivity contribution in [3.8, 4) is 0 Å². The first-order valence-corrected chi connectivity index (χ1v) is 2.53. The summed E-state index contributed by atoms with van der Waals surface area (Å²) in [6, 6.07) is 0. The Hall–Kier alpha value is -1.16. The number of aliphatic imine (C=N–C) groups is 1. The monoisotopic (exact) mass is 127 g/mol. The van der Waals surface area contributed by atoms with Crippen LogP contribution in [-0.2, 0) is 4.79 Å². The lowest BCUT2D eigenvalue weighted by molar-refractivity contribution is -0.476. The molecular weight excluding hydrogens is 120 g/mol. The standard InChI is InChI=1S/C5H6N2O2/c1-3-6-2-4(7-3)5(8)9/h2H,1H3,(H,6,7)(H,8,9)/p+1. The first kappa shape index (κ1) is 5.97. The lowest BCUT2D eigenvalue weighted by atomic mass is 10.5. The minimum absolute atomic E-state index is 0.257. The number of carboxylic acids is 1. The number of nitrogens with two attached hydrogens (primary N) is 1. The van der Waals surface area contributed by atoms with Crippen LogP contribution in [0.25, 0.3) is 0 Å². The fourth-order valence-corrected chi connectivity index (χ4v) is 0.588. The van der Waals surface area contributed by atoms with Gasteiger partial charge in [0.15, 0.2) is 0 Å². The minimum atomic E-state index is -0.921. The number of nitrogens with zero attached hydrogens (tertiary/aromatic N) is 1. The van der Waals surface area contributed by atoms with Crippen LogP contribution in [0, 0.1) is 0 Å². The van der Waals surface area contributed by atoms with Crippen LogP contribution >= 0.6 is 0 Å². The van der Waals surface area contributed by atoms with Crippen LogP contribution in [-0.4, -0.2) is 16.9 Å². The molecule has 0 amide bonds. The van der Waals surface area contributed by atoms with Gasteiger partial charge in [-0.05, 0) is 0 Å². The maximum absolute atomic E-state index is 10.2. The molecule has 0 aromatic carbocycles. The van der Waals surface area contributed by atoms with Crippen molar-refractivity contribution in [3.63, 3.8) is 0 Å². The Labute approximate surface area is 51.9 Å². The normalized spacial score (nSPS) is 17.0. The van der Waals surface area contributed by atoms with E-state index < -0.39 is 5.97 Å². The quantitative estimate of drug-likeness (QED) is 0.470. The minimum Gasteiger partial charge on any atom is -0.474 e. The third-order valence-corrected chi connectivity index (χ3v) is 1.02. The van der Waals surface area contributed by atoms with Gasteiger partial charge >= 0.3 is 5.97 Å². The summed E-state index contributed by atoms with van der Waals surface area (Å²) in [5.74, 6) is -0.178. The van der Waals surface area contributed by atoms with E-state index in [1.165, 1.54) is 11.5 Å². The van der Waals surface area contributed by atoms with Crippen molar-refractivity contribution < 1.29 is 15.2 Å². The van der Waals surface area contributed by atoms with Gasteiger partial charge in [-0.3, -0.25) is 5.32 Å². The molecule has 1 aliphatic heterocycles. The number of aliphatic carboxylic acids is 1. The molecule has 0 atom stereocenters. The summed E-state index contributed by atoms with van der Waals surface area (Å²) in [6.45, 7) is 1.76. The molecule has 1 aliphatic rings. The van der Waals surface area contributed by atoms with Crippen molar-refractivity contribution in [1.82, 2.24) is 0 Å². The highest BCUT2D eigenvalue weighted by Gasteiger charge is 2.17. The van der Waals surface area contributed by atoms with Gasteiger partial charge in [0.25, 0.3) is 0 Å². The second-order valence-electron chi connectivity index (χ2n) is 1.80. The van der Waals surface area contributed by atoms with Gasteiger partial charge in [0, 0.05) is 6.92 Å². The molecule has 0 spiro atoms. The molecule has 0 fully saturated rings. The number of carbonyl (C=O) groups is 1. The number of hydrogen-bond donors (Lipinski definition) is 2. The predicted molar refractivity (Wildman–Crippen MR) is 30.8 cm³/mol. The lowest BCUT2D eigenvalue weighted by Crippen LogP contribution is -2.84. The van der Waals surface area contributed by atoms with Crippen molar-refractivity contribution in [1.29, 1.82) is 0 Å². The molecule has 0 aromatic heterocycles. The molecule has 1 rings (SSSR count). The van der Waals surface area contributed by atoms with E-state index in [4.69, 9.17) is 5.11 Å². The summed E-state index contributed by atoms with van der Waals surface area (Å²) in [6.07, 6.45) is 1.34. The van der Waals surface area contributed by atoms with Crippen LogP contribution in [0.3, 0.4) is 0 Å². The summed E-state index contributed by atoms with van der Waals surface area (Å²) >= 11 is 0. The van der Waals surface area contributed by atoms with E-state index in [0.29, 0.717) is 0 Å². The average molecular weight is 127 g/mol. The van der Waals surface area contributed by atoms with Crippen LogP contribution in [0.1, 0.15) is 6.92 Å². The second kappa shape index (κ2) is 1.99. The fraction of sp³-hybridized carbons (Fsp3) is 0.200. The Balaban J connectivity index is 2.64. The highest BCUT2D eigenvalue weighted by molar-refractivity contribution is 5.88. The number of carboxylic acid groups (broad SMARTS) is 1. The molecule has 3 N–H and O–H groups in total. The molecular formula is C5H7N2O2+. The third-order valence-electron chi connectivity index (χ3n) is 1.02. The van der Waals surface area contributed by atoms with E-state index in [1.807, 2.05) is 0 Å². The summed E-state index contributed by atoms with van der Waals surface area (Å²) in [7, 11) is 0. The van der Waals surface area contributed by atoms with E-state index in [9.17, 15) is 4.79 Å². The Morgan fingerprint density at radius 1 is 1.89 bits per heavy atom. The van der Waals surface area contributed by atoms with Crippen LogP contribution in [0.2, 0.25) is 0 Å². The van der Waals surface area contributed by atoms with E-state index >= 15 is 0 Å². The maximum Gasteiger partial charge on any atom is 0.392 e. The SMILES string of the molecule is CC1=NC=C(C(=O)O)[NH2+]1. The van der Waals surface area contributed by atoms with Crippen LogP contribution in [0.4, 0.5) is 0 Å². The average Bonchev–Trinajstić information content (AvgIpc) is 2.14. The molecule has 9 heavy (non-hydrogen) atoms. The molecule has 0 aromatic rings. The van der Waals surface area contributed by atoms with E-state index in [2.05, 4.69) is 4.99 Å². The van der Waals surface area contributed by atoms with Crippen LogP contribution in [0.5, 0.6) is 0 Å². The fourth-order valence-electron chi connectivity index (χ4n) is 0.588. The highest BCUT2D eigenvalue weighted by Crippen LogP contribution is 1.88. The van der Waals surface area contributed by atoms with Crippen LogP contribution in [0.15, 0.2) is 16.9 Å². The Morgan fingerprint density at radius 2 is 2.56 bits per heavy atom. The van der Waals surface area contributed by atoms with E-state index in [1.54, 1.807) is 6.92 Å². The largest absolute Gasteiger partial charge is 0.474 e.